The van der Waals surface area contributed by atoms with Crippen molar-refractivity contribution >= 4 is 17.7 Å². The molecule has 3 heteroatoms. The summed E-state index contributed by atoms with van der Waals surface area (Å²) in [6, 6.07) is 0. The molecule has 0 rings (SSSR count). The zero-order chi connectivity index (χ0) is 6.57. The van der Waals surface area contributed by atoms with Crippen molar-refractivity contribution < 1.29 is 4.79 Å². The SMILES string of the molecule is CN(C)CCC(=O)S. The van der Waals surface area contributed by atoms with Gasteiger partial charge in [0.15, 0.2) is 5.12 Å². The molecule has 0 aromatic heterocycles. The van der Waals surface area contributed by atoms with Gasteiger partial charge in [0.25, 0.3) is 0 Å². The van der Waals surface area contributed by atoms with Crippen LogP contribution >= 0.6 is 12.6 Å². The summed E-state index contributed by atoms with van der Waals surface area (Å²) in [4.78, 5) is 12.1. The average Bonchev–Trinajstić information content (AvgIpc) is 1.61. The summed E-state index contributed by atoms with van der Waals surface area (Å²) in [5.41, 5.74) is 0. The molecular weight excluding hydrogens is 122 g/mol. The zero-order valence-electron chi connectivity index (χ0n) is 5.22. The third kappa shape index (κ3) is 5.98. The Labute approximate surface area is 55.3 Å². The highest BCUT2D eigenvalue weighted by atomic mass is 32.1. The molecule has 0 saturated heterocycles. The van der Waals surface area contributed by atoms with Crippen molar-refractivity contribution in [1.82, 2.24) is 4.90 Å². The van der Waals surface area contributed by atoms with Crippen LogP contribution in [0.15, 0.2) is 0 Å². The Kier molecular flexibility index (Phi) is 3.91. The second-order valence-electron chi connectivity index (χ2n) is 1.95. The Morgan fingerprint density at radius 2 is 2.12 bits per heavy atom. The van der Waals surface area contributed by atoms with Crippen LogP contribution in [-0.2, 0) is 4.79 Å². The van der Waals surface area contributed by atoms with E-state index in [4.69, 9.17) is 0 Å². The van der Waals surface area contributed by atoms with Crippen LogP contribution in [0.2, 0.25) is 0 Å². The number of hydrogen-bond acceptors (Lipinski definition) is 2. The standard InChI is InChI=1S/C5H11NOS/c1-6(2)4-3-5(7)8/h3-4H2,1-2H3,(H,7,8). The molecule has 0 spiro atoms. The Hall–Kier alpha value is -0.0200. The Morgan fingerprint density at radius 3 is 2.25 bits per heavy atom. The van der Waals surface area contributed by atoms with E-state index in [0.29, 0.717) is 6.42 Å². The predicted molar refractivity (Wildman–Crippen MR) is 37.2 cm³/mol. The Bertz CT molecular complexity index is 82.5. The van der Waals surface area contributed by atoms with E-state index in [1.165, 1.54) is 0 Å². The molecule has 0 unspecified atom stereocenters. The van der Waals surface area contributed by atoms with Gasteiger partial charge in [0.2, 0.25) is 0 Å². The lowest BCUT2D eigenvalue weighted by atomic mass is 10.4. The molecule has 0 aromatic rings. The van der Waals surface area contributed by atoms with Gasteiger partial charge in [0.05, 0.1) is 0 Å². The van der Waals surface area contributed by atoms with E-state index >= 15 is 0 Å². The number of rotatable bonds is 3. The minimum absolute atomic E-state index is 0.0429. The monoisotopic (exact) mass is 133 g/mol. The normalized spacial score (nSPS) is 10.0. The number of carbonyl (C=O) groups excluding carboxylic acids is 1. The topological polar surface area (TPSA) is 20.3 Å². The van der Waals surface area contributed by atoms with E-state index < -0.39 is 0 Å². The minimum Gasteiger partial charge on any atom is -0.309 e. The average molecular weight is 133 g/mol. The molecule has 0 heterocycles. The first kappa shape index (κ1) is 7.98. The van der Waals surface area contributed by atoms with Crippen LogP contribution in [0.5, 0.6) is 0 Å². The molecule has 48 valence electrons. The molecule has 2 nitrogen and oxygen atoms in total. The molecule has 0 aromatic carbocycles. The van der Waals surface area contributed by atoms with Gasteiger partial charge in [-0.25, -0.2) is 0 Å². The second kappa shape index (κ2) is 3.92. The van der Waals surface area contributed by atoms with Crippen LogP contribution < -0.4 is 0 Å². The summed E-state index contributed by atoms with van der Waals surface area (Å²) in [7, 11) is 3.85. The molecule has 0 fully saturated rings. The fourth-order valence-corrected chi connectivity index (χ4v) is 0.419. The van der Waals surface area contributed by atoms with Crippen molar-refractivity contribution in [2.45, 2.75) is 6.42 Å². The first-order chi connectivity index (χ1) is 3.63. The maximum Gasteiger partial charge on any atom is 0.187 e. The van der Waals surface area contributed by atoms with Crippen LogP contribution in [0.3, 0.4) is 0 Å². The molecule has 8 heavy (non-hydrogen) atoms. The van der Waals surface area contributed by atoms with Crippen LogP contribution in [0.25, 0.3) is 0 Å². The molecule has 0 saturated carbocycles. The smallest absolute Gasteiger partial charge is 0.187 e. The lowest BCUT2D eigenvalue weighted by Crippen LogP contribution is -2.14. The molecule has 0 bridgehead atoms. The van der Waals surface area contributed by atoms with E-state index in [1.54, 1.807) is 0 Å². The van der Waals surface area contributed by atoms with Crippen LogP contribution in [0, 0.1) is 0 Å². The summed E-state index contributed by atoms with van der Waals surface area (Å²) in [5.74, 6) is 0. The number of nitrogens with zero attached hydrogens (tertiary/aromatic N) is 1. The van der Waals surface area contributed by atoms with E-state index in [-0.39, 0.29) is 5.12 Å². The van der Waals surface area contributed by atoms with Crippen molar-refractivity contribution in [3.8, 4) is 0 Å². The summed E-state index contributed by atoms with van der Waals surface area (Å²) >= 11 is 3.61. The fraction of sp³-hybridized carbons (Fsp3) is 0.800. The van der Waals surface area contributed by atoms with Gasteiger partial charge in [-0.2, -0.15) is 0 Å². The molecule has 0 aliphatic rings. The first-order valence-corrected chi connectivity index (χ1v) is 2.94. The molecule has 0 radical (unpaired) electrons. The van der Waals surface area contributed by atoms with E-state index in [1.807, 2.05) is 19.0 Å². The minimum atomic E-state index is -0.0429. The summed E-state index contributed by atoms with van der Waals surface area (Å²) < 4.78 is 0. The van der Waals surface area contributed by atoms with E-state index in [9.17, 15) is 4.79 Å². The largest absolute Gasteiger partial charge is 0.309 e. The Morgan fingerprint density at radius 1 is 1.62 bits per heavy atom. The number of carbonyl (C=O) groups is 1. The predicted octanol–water partition coefficient (Wildman–Crippen LogP) is 0.394. The van der Waals surface area contributed by atoms with Gasteiger partial charge < -0.3 is 4.90 Å². The van der Waals surface area contributed by atoms with Gasteiger partial charge in [0, 0.05) is 13.0 Å². The molecule has 0 atom stereocenters. The van der Waals surface area contributed by atoms with Crippen LogP contribution in [0.4, 0.5) is 0 Å². The zero-order valence-corrected chi connectivity index (χ0v) is 6.11. The van der Waals surface area contributed by atoms with Gasteiger partial charge in [-0.15, -0.1) is 12.6 Å². The summed E-state index contributed by atoms with van der Waals surface area (Å²) in [6.07, 6.45) is 0.538. The van der Waals surface area contributed by atoms with Gasteiger partial charge in [-0.1, -0.05) is 0 Å². The van der Waals surface area contributed by atoms with E-state index in [2.05, 4.69) is 12.6 Å². The third-order valence-electron chi connectivity index (χ3n) is 0.773. The maximum absolute atomic E-state index is 10.2. The first-order valence-electron chi connectivity index (χ1n) is 2.49. The molecule has 0 amide bonds. The lowest BCUT2D eigenvalue weighted by Gasteiger charge is -2.05. The maximum atomic E-state index is 10.2. The van der Waals surface area contributed by atoms with Gasteiger partial charge in [-0.05, 0) is 14.1 Å². The Balaban J connectivity index is 3.05. The van der Waals surface area contributed by atoms with Crippen LogP contribution in [0.1, 0.15) is 6.42 Å². The van der Waals surface area contributed by atoms with Crippen molar-refractivity contribution in [2.75, 3.05) is 20.6 Å². The summed E-state index contributed by atoms with van der Waals surface area (Å²) in [6.45, 7) is 0.794. The third-order valence-corrected chi connectivity index (χ3v) is 0.996. The highest BCUT2D eigenvalue weighted by Crippen LogP contribution is 1.87. The van der Waals surface area contributed by atoms with Crippen LogP contribution in [-0.4, -0.2) is 30.7 Å². The van der Waals surface area contributed by atoms with Gasteiger partial charge >= 0.3 is 0 Å². The molecule has 0 N–H and O–H groups in total. The van der Waals surface area contributed by atoms with Crippen molar-refractivity contribution in [3.63, 3.8) is 0 Å². The molecular formula is C5H11NOS. The number of hydrogen-bond donors (Lipinski definition) is 1. The van der Waals surface area contributed by atoms with Gasteiger partial charge in [-0.3, -0.25) is 4.79 Å². The highest BCUT2D eigenvalue weighted by Gasteiger charge is 1.93. The summed E-state index contributed by atoms with van der Waals surface area (Å²) in [5, 5.41) is -0.0429. The van der Waals surface area contributed by atoms with Crippen molar-refractivity contribution in [2.24, 2.45) is 0 Å². The number of thiol groups is 1. The van der Waals surface area contributed by atoms with E-state index in [0.717, 1.165) is 6.54 Å². The molecule has 0 aliphatic carbocycles. The van der Waals surface area contributed by atoms with Crippen molar-refractivity contribution in [3.05, 3.63) is 0 Å². The van der Waals surface area contributed by atoms with Crippen molar-refractivity contribution in [1.29, 1.82) is 0 Å². The lowest BCUT2D eigenvalue weighted by molar-refractivity contribution is -0.111. The second-order valence-corrected chi connectivity index (χ2v) is 2.45. The molecule has 0 aliphatic heterocycles. The fourth-order valence-electron chi connectivity index (χ4n) is 0.319. The van der Waals surface area contributed by atoms with Gasteiger partial charge in [0.1, 0.15) is 0 Å². The quantitative estimate of drug-likeness (QED) is 0.562. The highest BCUT2D eigenvalue weighted by molar-refractivity contribution is 7.96.